The van der Waals surface area contributed by atoms with Gasteiger partial charge >= 0.3 is 0 Å². The van der Waals surface area contributed by atoms with Gasteiger partial charge < -0.3 is 19.7 Å². The fourth-order valence-electron chi connectivity index (χ4n) is 5.52. The molecule has 2 unspecified atom stereocenters. The molecule has 2 atom stereocenters. The second-order valence-corrected chi connectivity index (χ2v) is 9.76. The summed E-state index contributed by atoms with van der Waals surface area (Å²) >= 11 is 0. The first-order valence-electron chi connectivity index (χ1n) is 12.8. The molecule has 7 rings (SSSR count). The largest absolute Gasteiger partial charge is 0.481 e. The molecule has 194 valence electrons. The van der Waals surface area contributed by atoms with Gasteiger partial charge in [0.05, 0.1) is 42.9 Å². The van der Waals surface area contributed by atoms with Gasteiger partial charge in [-0.2, -0.15) is 10.4 Å². The smallest absolute Gasteiger partial charge is 0.212 e. The quantitative estimate of drug-likeness (QED) is 0.340. The lowest BCUT2D eigenvalue weighted by Crippen LogP contribution is -2.68. The summed E-state index contributed by atoms with van der Waals surface area (Å²) in [5, 5.41) is 17.4. The Labute approximate surface area is 221 Å². The van der Waals surface area contributed by atoms with Crippen LogP contribution in [-0.4, -0.2) is 77.0 Å². The monoisotopic (exact) mass is 510 g/mol. The summed E-state index contributed by atoms with van der Waals surface area (Å²) < 4.78 is 12.1. The van der Waals surface area contributed by atoms with Gasteiger partial charge in [0.2, 0.25) is 5.88 Å². The van der Waals surface area contributed by atoms with Crippen molar-refractivity contribution in [3.8, 4) is 23.1 Å². The molecule has 0 amide bonds. The van der Waals surface area contributed by atoms with E-state index >= 15 is 0 Å². The number of rotatable bonds is 9. The van der Waals surface area contributed by atoms with E-state index in [0.717, 1.165) is 47.8 Å². The van der Waals surface area contributed by atoms with Gasteiger partial charge in [0.1, 0.15) is 11.9 Å². The molecule has 0 aromatic carbocycles. The highest BCUT2D eigenvalue weighted by Crippen LogP contribution is 2.36. The lowest BCUT2D eigenvalue weighted by Gasteiger charge is -2.56. The number of nitriles is 1. The zero-order chi connectivity index (χ0) is 26.1. The van der Waals surface area contributed by atoms with Crippen molar-refractivity contribution in [2.45, 2.75) is 25.0 Å². The van der Waals surface area contributed by atoms with Gasteiger partial charge in [-0.3, -0.25) is 4.90 Å². The van der Waals surface area contributed by atoms with Crippen molar-refractivity contribution in [3.63, 3.8) is 0 Å². The first-order chi connectivity index (χ1) is 18.7. The van der Waals surface area contributed by atoms with Gasteiger partial charge in [-0.15, -0.1) is 0 Å². The first kappa shape index (κ1) is 24.2. The zero-order valence-electron chi connectivity index (χ0n) is 21.5. The molecule has 3 aliphatic rings. The van der Waals surface area contributed by atoms with E-state index in [1.807, 2.05) is 30.7 Å². The first-order valence-corrected chi connectivity index (χ1v) is 12.8. The van der Waals surface area contributed by atoms with Crippen LogP contribution < -0.4 is 15.0 Å². The van der Waals surface area contributed by atoms with E-state index < -0.39 is 0 Å². The van der Waals surface area contributed by atoms with Gasteiger partial charge in [-0.05, 0) is 30.2 Å². The van der Waals surface area contributed by atoms with Crippen LogP contribution in [0.5, 0.6) is 5.88 Å². The fraction of sp³-hybridized carbons (Fsp3) is 0.357. The SMILES string of the molecule is COCCNc1cc(-c2ccc(N3CC4CC(C3)N4Cc3ccc(OC)nc3)nc2)c2c(C#N)cnn2c1. The van der Waals surface area contributed by atoms with Crippen LogP contribution in [-0.2, 0) is 11.3 Å². The number of hydrogen-bond acceptors (Lipinski definition) is 9. The molecule has 4 aromatic rings. The molecule has 7 heterocycles. The van der Waals surface area contributed by atoms with Gasteiger partial charge in [0.15, 0.2) is 0 Å². The Morgan fingerprint density at radius 3 is 2.63 bits per heavy atom. The molecule has 0 saturated carbocycles. The van der Waals surface area contributed by atoms with E-state index in [1.54, 1.807) is 24.9 Å². The highest BCUT2D eigenvalue weighted by atomic mass is 16.5. The van der Waals surface area contributed by atoms with Crippen LogP contribution in [0.1, 0.15) is 17.5 Å². The molecule has 3 fully saturated rings. The number of hydrogen-bond donors (Lipinski definition) is 1. The van der Waals surface area contributed by atoms with Gasteiger partial charge in [-0.1, -0.05) is 6.07 Å². The Balaban J connectivity index is 1.18. The van der Waals surface area contributed by atoms with Crippen molar-refractivity contribution in [1.29, 1.82) is 5.26 Å². The predicted molar refractivity (Wildman–Crippen MR) is 144 cm³/mol. The average Bonchev–Trinajstić information content (AvgIpc) is 3.39. The van der Waals surface area contributed by atoms with Crippen LogP contribution in [0.25, 0.3) is 16.6 Å². The lowest BCUT2D eigenvalue weighted by molar-refractivity contribution is -0.00876. The van der Waals surface area contributed by atoms with Crippen molar-refractivity contribution in [2.24, 2.45) is 0 Å². The Morgan fingerprint density at radius 2 is 1.95 bits per heavy atom. The second-order valence-electron chi connectivity index (χ2n) is 9.76. The standard InChI is InChI=1S/C28H30N8O2/c1-37-8-7-30-22-9-25(28-21(11-29)14-33-36(28)16-22)20-4-5-26(31-13-20)34-17-23-10-24(18-34)35(23)15-19-3-6-27(38-2)32-12-19/h3-6,9,12-14,16,23-24,30H,7-8,10,15,17-18H2,1-2H3. The number of pyridine rings is 3. The Hall–Kier alpha value is -4.20. The second kappa shape index (κ2) is 10.3. The summed E-state index contributed by atoms with van der Waals surface area (Å²) in [4.78, 5) is 14.1. The topological polar surface area (TPSA) is 104 Å². The van der Waals surface area contributed by atoms with Gasteiger partial charge in [0, 0.05) is 75.0 Å². The Morgan fingerprint density at radius 1 is 1.08 bits per heavy atom. The third kappa shape index (κ3) is 4.51. The average molecular weight is 511 g/mol. The molecular weight excluding hydrogens is 480 g/mol. The highest BCUT2D eigenvalue weighted by Gasteiger charge is 2.44. The highest BCUT2D eigenvalue weighted by molar-refractivity contribution is 5.86. The van der Waals surface area contributed by atoms with E-state index in [1.165, 1.54) is 12.0 Å². The van der Waals surface area contributed by atoms with E-state index in [-0.39, 0.29) is 0 Å². The normalized spacial score (nSPS) is 18.7. The molecular formula is C28H30N8O2. The molecule has 4 aromatic heterocycles. The summed E-state index contributed by atoms with van der Waals surface area (Å²) in [7, 11) is 3.32. The third-order valence-electron chi connectivity index (χ3n) is 7.47. The molecule has 3 saturated heterocycles. The third-order valence-corrected chi connectivity index (χ3v) is 7.47. The predicted octanol–water partition coefficient (Wildman–Crippen LogP) is 3.19. The van der Waals surface area contributed by atoms with Crippen LogP contribution in [0.3, 0.4) is 0 Å². The molecule has 3 aliphatic heterocycles. The van der Waals surface area contributed by atoms with Crippen molar-refractivity contribution in [1.82, 2.24) is 24.5 Å². The summed E-state index contributed by atoms with van der Waals surface area (Å²) in [6.45, 7) is 4.09. The van der Waals surface area contributed by atoms with Crippen molar-refractivity contribution >= 4 is 17.0 Å². The number of ether oxygens (including phenoxy) is 2. The molecule has 1 N–H and O–H groups in total. The number of nitrogens with zero attached hydrogens (tertiary/aromatic N) is 7. The van der Waals surface area contributed by atoms with Crippen LogP contribution in [0, 0.1) is 11.3 Å². The maximum absolute atomic E-state index is 9.65. The van der Waals surface area contributed by atoms with E-state index in [0.29, 0.717) is 36.7 Å². The van der Waals surface area contributed by atoms with Crippen LogP contribution >= 0.6 is 0 Å². The van der Waals surface area contributed by atoms with E-state index in [9.17, 15) is 5.26 Å². The molecule has 38 heavy (non-hydrogen) atoms. The van der Waals surface area contributed by atoms with Crippen LogP contribution in [0.15, 0.2) is 55.1 Å². The Bertz CT molecular complexity index is 1450. The number of methoxy groups -OCH3 is 2. The molecule has 10 nitrogen and oxygen atoms in total. The van der Waals surface area contributed by atoms with Crippen LogP contribution in [0.4, 0.5) is 11.5 Å². The minimum absolute atomic E-state index is 0.511. The van der Waals surface area contributed by atoms with Crippen molar-refractivity contribution < 1.29 is 9.47 Å². The molecule has 2 bridgehead atoms. The number of fused-ring (bicyclic) bond motifs is 3. The minimum Gasteiger partial charge on any atom is -0.481 e. The minimum atomic E-state index is 0.511. The number of piperazine rings is 1. The Kier molecular flexibility index (Phi) is 6.54. The van der Waals surface area contributed by atoms with E-state index in [2.05, 4.69) is 49.5 Å². The van der Waals surface area contributed by atoms with Gasteiger partial charge in [-0.25, -0.2) is 14.5 Å². The summed E-state index contributed by atoms with van der Waals surface area (Å²) in [6, 6.07) is 13.5. The van der Waals surface area contributed by atoms with Crippen molar-refractivity contribution in [2.75, 3.05) is 50.7 Å². The maximum Gasteiger partial charge on any atom is 0.212 e. The number of piperidine rings is 1. The maximum atomic E-state index is 9.65. The van der Waals surface area contributed by atoms with Crippen molar-refractivity contribution in [3.05, 3.63) is 66.2 Å². The summed E-state index contributed by atoms with van der Waals surface area (Å²) in [6.07, 6.45) is 8.52. The molecule has 0 spiro atoms. The lowest BCUT2D eigenvalue weighted by atomic mass is 9.87. The number of anilines is 2. The number of nitrogens with one attached hydrogen (secondary N) is 1. The molecule has 0 aliphatic carbocycles. The number of aromatic nitrogens is 4. The van der Waals surface area contributed by atoms with Gasteiger partial charge in [0.25, 0.3) is 0 Å². The zero-order valence-corrected chi connectivity index (χ0v) is 21.5. The van der Waals surface area contributed by atoms with E-state index in [4.69, 9.17) is 14.5 Å². The fourth-order valence-corrected chi connectivity index (χ4v) is 5.52. The molecule has 10 heteroatoms. The summed E-state index contributed by atoms with van der Waals surface area (Å²) in [5.74, 6) is 1.62. The summed E-state index contributed by atoms with van der Waals surface area (Å²) in [5.41, 5.74) is 5.30. The molecule has 0 radical (unpaired) electrons. The van der Waals surface area contributed by atoms with Crippen LogP contribution in [0.2, 0.25) is 0 Å².